The zero-order valence-corrected chi connectivity index (χ0v) is 36.0. The van der Waals surface area contributed by atoms with Crippen molar-refractivity contribution in [2.45, 2.75) is 6.92 Å². The van der Waals surface area contributed by atoms with Gasteiger partial charge in [-0.25, -0.2) is 4.98 Å². The average molecular weight is 849 g/mol. The van der Waals surface area contributed by atoms with E-state index in [1.807, 2.05) is 60.7 Å². The zero-order chi connectivity index (χ0) is 44.1. The molecule has 0 unspecified atom stereocenters. The van der Waals surface area contributed by atoms with E-state index in [1.165, 1.54) is 0 Å². The number of rotatable bonds is 9. The molecule has 0 amide bonds. The second kappa shape index (κ2) is 16.0. The minimum absolute atomic E-state index is 0.467. The minimum Gasteiger partial charge on any atom is -0.422 e. The first-order chi connectivity index (χ1) is 32.6. The maximum Gasteiger partial charge on any atom is 0.307 e. The van der Waals surface area contributed by atoms with Crippen molar-refractivity contribution in [2.24, 2.45) is 0 Å². The molecule has 0 atom stereocenters. The summed E-state index contributed by atoms with van der Waals surface area (Å²) in [5, 5.41) is 4.26. The number of allylic oxidation sites excluding steroid dienone is 5. The third kappa shape index (κ3) is 6.52. The van der Waals surface area contributed by atoms with Gasteiger partial charge in [-0.3, -0.25) is 9.13 Å². The van der Waals surface area contributed by atoms with Gasteiger partial charge in [-0.05, 0) is 59.0 Å². The van der Waals surface area contributed by atoms with Crippen LogP contribution in [0.4, 0.5) is 0 Å². The molecule has 12 aromatic rings. The molecular formula is C59H40N6O. The van der Waals surface area contributed by atoms with Crippen LogP contribution in [0.1, 0.15) is 12.5 Å². The van der Waals surface area contributed by atoms with Crippen molar-refractivity contribution in [3.8, 4) is 57.0 Å². The molecule has 7 nitrogen and oxygen atoms in total. The molecule has 0 N–H and O–H groups in total. The summed E-state index contributed by atoms with van der Waals surface area (Å²) in [5.74, 6) is 1.66. The predicted octanol–water partition coefficient (Wildman–Crippen LogP) is 15.0. The van der Waals surface area contributed by atoms with Crippen LogP contribution in [0.3, 0.4) is 0 Å². The molecule has 4 heterocycles. The lowest BCUT2D eigenvalue weighted by molar-refractivity contribution is 0.575. The quantitative estimate of drug-likeness (QED) is 0.135. The third-order valence-electron chi connectivity index (χ3n) is 12.4. The van der Waals surface area contributed by atoms with Crippen LogP contribution in [-0.2, 0) is 0 Å². The second-order valence-corrected chi connectivity index (χ2v) is 16.4. The van der Waals surface area contributed by atoms with Crippen molar-refractivity contribution in [1.29, 1.82) is 0 Å². The largest absolute Gasteiger partial charge is 0.422 e. The maximum absolute atomic E-state index is 7.02. The summed E-state index contributed by atoms with van der Waals surface area (Å²) in [5.41, 5.74) is 13.6. The molecule has 0 saturated carbocycles. The van der Waals surface area contributed by atoms with Crippen molar-refractivity contribution in [2.75, 3.05) is 0 Å². The van der Waals surface area contributed by atoms with E-state index in [0.29, 0.717) is 29.2 Å². The Hall–Kier alpha value is -8.94. The van der Waals surface area contributed by atoms with E-state index in [2.05, 4.69) is 168 Å². The van der Waals surface area contributed by atoms with Gasteiger partial charge in [0.05, 0.1) is 22.1 Å². The molecule has 0 spiro atoms. The predicted molar refractivity (Wildman–Crippen MR) is 271 cm³/mol. The van der Waals surface area contributed by atoms with Crippen LogP contribution in [0.5, 0.6) is 0 Å². The van der Waals surface area contributed by atoms with Crippen molar-refractivity contribution in [3.63, 3.8) is 0 Å². The maximum atomic E-state index is 7.02. The van der Waals surface area contributed by atoms with Crippen LogP contribution >= 0.6 is 0 Å². The molecule has 7 heteroatoms. The Labute approximate surface area is 380 Å². The first-order valence-electron chi connectivity index (χ1n) is 22.0. The van der Waals surface area contributed by atoms with Gasteiger partial charge in [0.1, 0.15) is 5.52 Å². The summed E-state index contributed by atoms with van der Waals surface area (Å²) in [4.78, 5) is 21.0. The summed E-state index contributed by atoms with van der Waals surface area (Å²) in [6.07, 6.45) is 7.82. The number of hydrogen-bond donors (Lipinski definition) is 0. The lowest BCUT2D eigenvalue weighted by atomic mass is 9.99. The highest BCUT2D eigenvalue weighted by Gasteiger charge is 2.25. The zero-order valence-electron chi connectivity index (χ0n) is 36.0. The number of para-hydroxylation sites is 3. The Kier molecular flexibility index (Phi) is 9.39. The molecule has 0 aliphatic heterocycles. The highest BCUT2D eigenvalue weighted by atomic mass is 16.4. The monoisotopic (exact) mass is 848 g/mol. The molecule has 0 saturated heterocycles. The summed E-state index contributed by atoms with van der Waals surface area (Å²) >= 11 is 0. The van der Waals surface area contributed by atoms with E-state index in [0.717, 1.165) is 93.6 Å². The molecular weight excluding hydrogens is 809 g/mol. The van der Waals surface area contributed by atoms with Gasteiger partial charge in [0.25, 0.3) is 0 Å². The Balaban J connectivity index is 1.11. The average Bonchev–Trinajstić information content (AvgIpc) is 4.07. The Morgan fingerprint density at radius 2 is 1.05 bits per heavy atom. The van der Waals surface area contributed by atoms with Crippen LogP contribution in [0, 0.1) is 0 Å². The van der Waals surface area contributed by atoms with E-state index in [-0.39, 0.29) is 0 Å². The van der Waals surface area contributed by atoms with Crippen LogP contribution in [0.25, 0.3) is 117 Å². The number of oxazole rings is 1. The van der Waals surface area contributed by atoms with Gasteiger partial charge in [0.2, 0.25) is 5.95 Å². The van der Waals surface area contributed by atoms with E-state index in [9.17, 15) is 0 Å². The summed E-state index contributed by atoms with van der Waals surface area (Å²) < 4.78 is 11.4. The van der Waals surface area contributed by atoms with Gasteiger partial charge in [-0.2, -0.15) is 15.0 Å². The van der Waals surface area contributed by atoms with Crippen LogP contribution in [-0.4, -0.2) is 29.1 Å². The molecule has 312 valence electrons. The molecule has 0 aliphatic rings. The van der Waals surface area contributed by atoms with E-state index >= 15 is 0 Å². The second-order valence-electron chi connectivity index (χ2n) is 16.4. The first kappa shape index (κ1) is 38.7. The number of benzene rings is 8. The van der Waals surface area contributed by atoms with Gasteiger partial charge in [0.15, 0.2) is 17.2 Å². The minimum atomic E-state index is 0.467. The van der Waals surface area contributed by atoms with Crippen molar-refractivity contribution < 1.29 is 4.42 Å². The van der Waals surface area contributed by atoms with E-state index in [1.54, 1.807) is 6.08 Å². The normalized spacial score (nSPS) is 12.1. The van der Waals surface area contributed by atoms with Crippen LogP contribution < -0.4 is 0 Å². The Morgan fingerprint density at radius 1 is 0.485 bits per heavy atom. The van der Waals surface area contributed by atoms with E-state index in [4.69, 9.17) is 24.4 Å². The first-order valence-corrected chi connectivity index (χ1v) is 22.0. The molecule has 4 aromatic heterocycles. The van der Waals surface area contributed by atoms with Crippen molar-refractivity contribution in [1.82, 2.24) is 29.1 Å². The number of nitrogens with zero attached hydrogens (tertiary/aromatic N) is 6. The number of hydrogen-bond acceptors (Lipinski definition) is 5. The third-order valence-corrected chi connectivity index (χ3v) is 12.4. The fourth-order valence-electron chi connectivity index (χ4n) is 9.23. The van der Waals surface area contributed by atoms with Crippen LogP contribution in [0.15, 0.2) is 223 Å². The van der Waals surface area contributed by atoms with Crippen molar-refractivity contribution in [3.05, 3.63) is 225 Å². The number of aromatic nitrogens is 6. The highest BCUT2D eigenvalue weighted by molar-refractivity contribution is 6.23. The fourth-order valence-corrected chi connectivity index (χ4v) is 9.23. The topological polar surface area (TPSA) is 74.6 Å². The van der Waals surface area contributed by atoms with Gasteiger partial charge >= 0.3 is 6.01 Å². The summed E-state index contributed by atoms with van der Waals surface area (Å²) in [6, 6.07) is 65.5. The Morgan fingerprint density at radius 3 is 1.74 bits per heavy atom. The SMILES string of the molecule is C=C/C=C\C=C(/C)c1cccc(-c2cccc3nc(-n4c5ccccc5c5ccc6c7ccccc7n(-c7nc(-c8ccccc8)nc(-c8ccc(-c9ccccc9)cc8)n7)c6c54)oc23)c1. The van der Waals surface area contributed by atoms with Gasteiger partial charge < -0.3 is 4.42 Å². The lowest BCUT2D eigenvalue weighted by Crippen LogP contribution is -2.07. The standard InChI is InChI=1S/C59H40N6O/c1-3-4-7-18-38(2)43-23-16-24-44(37-43)45-27-17-28-50-55(45)66-59(60-50)65-52-30-15-13-26-47(52)49-36-35-48-46-25-12-14-29-51(46)64(53(48)54(49)65)58-62-56(41-21-10-6-11-22-41)61-57(63-58)42-33-31-40(32-34-42)39-19-8-5-9-20-39/h3-37H,1H2,2H3/b7-4-,38-18+. The molecule has 0 bridgehead atoms. The van der Waals surface area contributed by atoms with Crippen molar-refractivity contribution >= 4 is 60.3 Å². The van der Waals surface area contributed by atoms with Gasteiger partial charge in [-0.15, -0.1) is 0 Å². The Bertz CT molecular complexity index is 3890. The number of fused-ring (bicyclic) bond motifs is 8. The van der Waals surface area contributed by atoms with Gasteiger partial charge in [-0.1, -0.05) is 195 Å². The smallest absolute Gasteiger partial charge is 0.307 e. The summed E-state index contributed by atoms with van der Waals surface area (Å²) in [7, 11) is 0. The molecule has 0 radical (unpaired) electrons. The summed E-state index contributed by atoms with van der Waals surface area (Å²) in [6.45, 7) is 5.92. The molecule has 8 aromatic carbocycles. The molecule has 12 rings (SSSR count). The molecule has 0 fully saturated rings. The molecule has 0 aliphatic carbocycles. The lowest BCUT2D eigenvalue weighted by Gasteiger charge is -2.12. The highest BCUT2D eigenvalue weighted by Crippen LogP contribution is 2.42. The van der Waals surface area contributed by atoms with Crippen LogP contribution in [0.2, 0.25) is 0 Å². The van der Waals surface area contributed by atoms with Gasteiger partial charge in [0, 0.05) is 38.2 Å². The fraction of sp³-hybridized carbons (Fsp3) is 0.0169. The van der Waals surface area contributed by atoms with E-state index < -0.39 is 0 Å². The molecule has 66 heavy (non-hydrogen) atoms.